The molecule has 0 bridgehead atoms. The zero-order chi connectivity index (χ0) is 49.8. The number of likely N-dealkylation sites (N-methyl/N-ethyl adjacent to an activating group) is 2. The summed E-state index contributed by atoms with van der Waals surface area (Å²) in [7, 11) is 2.76. The highest BCUT2D eigenvalue weighted by atomic mass is 35.5. The molecule has 2 aromatic carbocycles. The molecule has 3 fully saturated rings. The summed E-state index contributed by atoms with van der Waals surface area (Å²) in [6.45, 7) is 6.20. The highest BCUT2D eigenvalue weighted by Crippen LogP contribution is 2.37. The molecule has 15 nitrogen and oxygen atoms in total. The summed E-state index contributed by atoms with van der Waals surface area (Å²) in [6, 6.07) is 7.75. The van der Waals surface area contributed by atoms with Crippen molar-refractivity contribution in [3.05, 3.63) is 59.1 Å². The molecule has 0 radical (unpaired) electrons. The highest BCUT2D eigenvalue weighted by Gasteiger charge is 2.59. The van der Waals surface area contributed by atoms with Crippen molar-refractivity contribution in [2.75, 3.05) is 27.2 Å². The van der Waals surface area contributed by atoms with Crippen LogP contribution in [0.25, 0.3) is 11.1 Å². The molecule has 0 unspecified atom stereocenters. The van der Waals surface area contributed by atoms with Crippen molar-refractivity contribution in [1.82, 2.24) is 36.0 Å². The van der Waals surface area contributed by atoms with Crippen LogP contribution in [0.2, 0.25) is 5.02 Å². The van der Waals surface area contributed by atoms with Gasteiger partial charge in [-0.1, -0.05) is 61.8 Å². The molecule has 1 aliphatic carbocycles. The molecule has 5 N–H and O–H groups in total. The average Bonchev–Trinajstić information content (AvgIpc) is 4.03. The number of nitrogens with one attached hydrogen (secondary N) is 4. The Hall–Kier alpha value is -5.30. The van der Waals surface area contributed by atoms with E-state index in [0.717, 1.165) is 16.0 Å². The number of rotatable bonds is 11. The maximum Gasteiger partial charge on any atom is 0.426 e. The molecule has 2 aliphatic heterocycles. The van der Waals surface area contributed by atoms with Crippen LogP contribution >= 0.6 is 11.6 Å². The summed E-state index contributed by atoms with van der Waals surface area (Å²) in [4.78, 5) is 101. The smallest absolute Gasteiger partial charge is 0.373 e. The molecule has 7 amide bonds. The van der Waals surface area contributed by atoms with Gasteiger partial charge in [-0.05, 0) is 100.0 Å². The predicted octanol–water partition coefficient (Wildman–Crippen LogP) is 4.08. The van der Waals surface area contributed by atoms with Gasteiger partial charge in [0.2, 0.25) is 41.0 Å². The number of nitrogens with zero attached hydrogens (tertiary/aromatic N) is 3. The Morgan fingerprint density at radius 1 is 1.00 bits per heavy atom. The minimum Gasteiger partial charge on any atom is -0.373 e. The normalized spacial score (nSPS) is 24.8. The molecular weight excluding hydrogens is 902 g/mol. The van der Waals surface area contributed by atoms with Crippen molar-refractivity contribution in [1.29, 1.82) is 0 Å². The van der Waals surface area contributed by atoms with Crippen LogP contribution in [0.5, 0.6) is 0 Å². The largest absolute Gasteiger partial charge is 0.426 e. The van der Waals surface area contributed by atoms with E-state index in [1.807, 2.05) is 50.2 Å². The number of likely N-dealkylation sites (tertiary alicyclic amines) is 1. The van der Waals surface area contributed by atoms with Gasteiger partial charge in [0.05, 0.1) is 6.54 Å². The fourth-order valence-corrected chi connectivity index (χ4v) is 8.73. The summed E-state index contributed by atoms with van der Waals surface area (Å²) >= 11 is 6.50. The van der Waals surface area contributed by atoms with E-state index in [4.69, 9.17) is 11.6 Å². The van der Waals surface area contributed by atoms with Crippen molar-refractivity contribution in [3.63, 3.8) is 0 Å². The molecule has 0 spiro atoms. The first-order valence-corrected chi connectivity index (χ1v) is 22.9. The molecule has 2 heterocycles. The summed E-state index contributed by atoms with van der Waals surface area (Å²) in [5, 5.41) is 21.5. The Kier molecular flexibility index (Phi) is 16.8. The zero-order valence-corrected chi connectivity index (χ0v) is 39.6. The summed E-state index contributed by atoms with van der Waals surface area (Å²) < 4.78 is 55.6. The third-order valence-electron chi connectivity index (χ3n) is 12.8. The van der Waals surface area contributed by atoms with Crippen molar-refractivity contribution in [2.24, 2.45) is 11.8 Å². The van der Waals surface area contributed by atoms with Crippen LogP contribution in [0.3, 0.4) is 0 Å². The zero-order valence-electron chi connectivity index (χ0n) is 38.8. The van der Waals surface area contributed by atoms with Crippen LogP contribution in [0.4, 0.5) is 17.6 Å². The van der Waals surface area contributed by atoms with Gasteiger partial charge in [-0.15, -0.1) is 0 Å². The molecule has 368 valence electrons. The number of benzene rings is 2. The number of halogens is 5. The van der Waals surface area contributed by atoms with Crippen molar-refractivity contribution >= 4 is 53.0 Å². The van der Waals surface area contributed by atoms with E-state index in [0.29, 0.717) is 34.7 Å². The van der Waals surface area contributed by atoms with Crippen LogP contribution in [0.1, 0.15) is 85.1 Å². The van der Waals surface area contributed by atoms with Crippen LogP contribution in [-0.4, -0.2) is 142 Å². The minimum atomic E-state index is -5.43. The van der Waals surface area contributed by atoms with Gasteiger partial charge < -0.3 is 41.1 Å². The van der Waals surface area contributed by atoms with E-state index in [1.165, 1.54) is 32.8 Å². The quantitative estimate of drug-likeness (QED) is 0.208. The first kappa shape index (κ1) is 52.7. The molecular formula is C47H62ClF4N7O8. The molecule has 20 heteroatoms. The van der Waals surface area contributed by atoms with E-state index >= 15 is 0 Å². The van der Waals surface area contributed by atoms with Gasteiger partial charge in [-0.25, -0.2) is 4.39 Å². The first-order chi connectivity index (χ1) is 31.2. The van der Waals surface area contributed by atoms with Crippen molar-refractivity contribution in [3.8, 4) is 11.1 Å². The molecule has 2 aromatic rings. The topological polar surface area (TPSA) is 198 Å². The van der Waals surface area contributed by atoms with Crippen LogP contribution < -0.4 is 21.3 Å². The van der Waals surface area contributed by atoms with Crippen molar-refractivity contribution in [2.45, 2.75) is 140 Å². The Labute approximate surface area is 393 Å². The molecule has 5 rings (SSSR count). The average molecular weight is 964 g/mol. The van der Waals surface area contributed by atoms with Crippen LogP contribution in [0.15, 0.2) is 48.5 Å². The van der Waals surface area contributed by atoms with Gasteiger partial charge in [-0.3, -0.25) is 33.6 Å². The van der Waals surface area contributed by atoms with E-state index in [9.17, 15) is 56.2 Å². The van der Waals surface area contributed by atoms with Crippen LogP contribution in [-0.2, 0) is 40.0 Å². The van der Waals surface area contributed by atoms with E-state index < -0.39 is 114 Å². The molecule has 67 heavy (non-hydrogen) atoms. The monoisotopic (exact) mass is 963 g/mol. The maximum atomic E-state index is 14.8. The van der Waals surface area contributed by atoms with E-state index in [2.05, 4.69) is 21.3 Å². The lowest BCUT2D eigenvalue weighted by molar-refractivity contribution is -0.250. The van der Waals surface area contributed by atoms with Gasteiger partial charge >= 0.3 is 6.18 Å². The number of carbonyl (C=O) groups excluding carboxylic acids is 7. The Balaban J connectivity index is 1.46. The molecule has 1 saturated carbocycles. The second-order valence-corrected chi connectivity index (χ2v) is 19.5. The van der Waals surface area contributed by atoms with E-state index in [1.54, 1.807) is 12.1 Å². The summed E-state index contributed by atoms with van der Waals surface area (Å²) in [5.74, 6) is -6.95. The lowest BCUT2D eigenvalue weighted by atomic mass is 9.93. The molecule has 7 atom stereocenters. The predicted molar refractivity (Wildman–Crippen MR) is 241 cm³/mol. The minimum absolute atomic E-state index is 0.0223. The third-order valence-corrected chi connectivity index (χ3v) is 13.0. The van der Waals surface area contributed by atoms with Gasteiger partial charge in [-0.2, -0.15) is 13.2 Å². The lowest BCUT2D eigenvalue weighted by Gasteiger charge is -2.36. The number of aliphatic hydroxyl groups is 1. The molecule has 2 saturated heterocycles. The Bertz CT molecular complexity index is 2170. The van der Waals surface area contributed by atoms with Gasteiger partial charge in [0.1, 0.15) is 41.9 Å². The SMILES string of the molecule is CC(C)C[C@@H]1NC(=O)[C@@H](N(C)C(=O)[C@@H](NC(=O)[C@@H]2C[C@@H](F)CN2C(=O)[C@@](C)(O)C(F)(F)F)C2CC2)CCCCNC(=O)C(C)(C)NC(=O)[C@H](Cc2cc(Cl)ccc2-c2ccccc2)N(C)C1=O. The first-order valence-electron chi connectivity index (χ1n) is 22.6. The summed E-state index contributed by atoms with van der Waals surface area (Å²) in [6.07, 6.45) is -6.43. The Morgan fingerprint density at radius 3 is 2.27 bits per heavy atom. The fraction of sp³-hybridized carbons (Fsp3) is 0.596. The number of carbonyl (C=O) groups is 7. The second-order valence-electron chi connectivity index (χ2n) is 19.1. The molecule has 3 aliphatic rings. The van der Waals surface area contributed by atoms with Crippen molar-refractivity contribution < 1.29 is 56.2 Å². The maximum absolute atomic E-state index is 14.8. The lowest BCUT2D eigenvalue weighted by Crippen LogP contribution is -2.62. The number of alkyl halides is 4. The number of amides is 7. The number of hydrogen-bond donors (Lipinski definition) is 5. The van der Waals surface area contributed by atoms with Gasteiger partial charge in [0, 0.05) is 38.5 Å². The standard InChI is InChI=1S/C47H62ClF4N7O8/c1-26(2)21-33-41(63)58(7)35(23-29-22-30(48)18-19-32(29)27-13-9-8-10-14-27)40(62)56-45(3,4)43(65)53-20-12-11-15-34(38(60)54-33)57(6)42(64)37(28-16-17-28)55-39(61)36-24-31(49)25-59(36)44(66)46(5,67)47(50,51)52/h8-10,13-14,18-19,22,26,28,31,33-37,67H,11-12,15-17,20-21,23-25H2,1-7H3,(H,53,65)(H,54,60)(H,55,61)(H,56,62)/t31-,33+,34+,35+,36+,37+,46-/m1/s1. The third kappa shape index (κ3) is 12.6. The second kappa shape index (κ2) is 21.3. The summed E-state index contributed by atoms with van der Waals surface area (Å²) in [5.41, 5.74) is -3.16. The van der Waals surface area contributed by atoms with E-state index in [-0.39, 0.29) is 45.1 Å². The number of hydrogen-bond acceptors (Lipinski definition) is 8. The van der Waals surface area contributed by atoms with Gasteiger partial charge in [0.15, 0.2) is 0 Å². The van der Waals surface area contributed by atoms with Gasteiger partial charge in [0.25, 0.3) is 5.91 Å². The Morgan fingerprint density at radius 2 is 1.66 bits per heavy atom. The molecule has 0 aromatic heterocycles. The highest BCUT2D eigenvalue weighted by molar-refractivity contribution is 6.30. The van der Waals surface area contributed by atoms with Crippen LogP contribution in [0, 0.1) is 11.8 Å². The fourth-order valence-electron chi connectivity index (χ4n) is 8.53.